The molecule has 0 radical (unpaired) electrons. The molecule has 0 saturated heterocycles. The van der Waals surface area contributed by atoms with Crippen molar-refractivity contribution in [2.45, 2.75) is 6.92 Å². The van der Waals surface area contributed by atoms with Gasteiger partial charge in [-0.1, -0.05) is 133 Å². The SMILES string of the molecule is Cc1ccc(-c2c3ccccc3c(-c3cccc(-c4ccc5ccccc5c4)c3)c3ccccc23)cc1. The van der Waals surface area contributed by atoms with E-state index in [0.29, 0.717) is 0 Å². The maximum absolute atomic E-state index is 2.35. The molecule has 7 aromatic carbocycles. The lowest BCUT2D eigenvalue weighted by Crippen LogP contribution is -1.91. The zero-order chi connectivity index (χ0) is 24.8. The fourth-order valence-electron chi connectivity index (χ4n) is 5.69. The molecule has 0 amide bonds. The van der Waals surface area contributed by atoms with E-state index in [9.17, 15) is 0 Å². The minimum Gasteiger partial charge on any atom is -0.0616 e. The van der Waals surface area contributed by atoms with Gasteiger partial charge >= 0.3 is 0 Å². The summed E-state index contributed by atoms with van der Waals surface area (Å²) in [5.41, 5.74) is 8.86. The number of aryl methyl sites for hydroxylation is 1. The molecule has 0 saturated carbocycles. The molecular formula is C37H26. The van der Waals surface area contributed by atoms with Crippen LogP contribution in [-0.4, -0.2) is 0 Å². The maximum Gasteiger partial charge on any atom is -0.00262 e. The van der Waals surface area contributed by atoms with E-state index >= 15 is 0 Å². The molecule has 0 aliphatic carbocycles. The van der Waals surface area contributed by atoms with Crippen LogP contribution >= 0.6 is 0 Å². The lowest BCUT2D eigenvalue weighted by molar-refractivity contribution is 1.47. The minimum atomic E-state index is 1.24. The monoisotopic (exact) mass is 470 g/mol. The Labute approximate surface area is 217 Å². The first kappa shape index (κ1) is 21.6. The maximum atomic E-state index is 2.35. The molecule has 0 unspecified atom stereocenters. The molecule has 0 N–H and O–H groups in total. The van der Waals surface area contributed by atoms with Gasteiger partial charge in [-0.3, -0.25) is 0 Å². The Bertz CT molecular complexity index is 1870. The van der Waals surface area contributed by atoms with Gasteiger partial charge in [0.15, 0.2) is 0 Å². The van der Waals surface area contributed by atoms with Gasteiger partial charge in [-0.05, 0) is 84.8 Å². The summed E-state index contributed by atoms with van der Waals surface area (Å²) in [5.74, 6) is 0. The van der Waals surface area contributed by atoms with E-state index in [1.54, 1.807) is 0 Å². The van der Waals surface area contributed by atoms with Gasteiger partial charge < -0.3 is 0 Å². The highest BCUT2D eigenvalue weighted by molar-refractivity contribution is 6.21. The second-order valence-electron chi connectivity index (χ2n) is 9.85. The molecule has 0 heteroatoms. The van der Waals surface area contributed by atoms with Crippen LogP contribution in [0.5, 0.6) is 0 Å². The van der Waals surface area contributed by atoms with Crippen LogP contribution in [-0.2, 0) is 0 Å². The van der Waals surface area contributed by atoms with Gasteiger partial charge in [-0.25, -0.2) is 0 Å². The molecule has 0 nitrogen and oxygen atoms in total. The third-order valence-corrected chi connectivity index (χ3v) is 7.51. The number of rotatable bonds is 3. The predicted molar refractivity (Wildman–Crippen MR) is 160 cm³/mol. The largest absolute Gasteiger partial charge is 0.0616 e. The Morgan fingerprint density at radius 2 is 0.811 bits per heavy atom. The zero-order valence-corrected chi connectivity index (χ0v) is 20.8. The molecular weight excluding hydrogens is 444 g/mol. The summed E-state index contributed by atoms with van der Waals surface area (Å²) < 4.78 is 0. The van der Waals surface area contributed by atoms with Crippen molar-refractivity contribution in [1.29, 1.82) is 0 Å². The molecule has 174 valence electrons. The summed E-state index contributed by atoms with van der Waals surface area (Å²) in [6.45, 7) is 2.14. The van der Waals surface area contributed by atoms with Crippen LogP contribution in [0, 0.1) is 6.92 Å². The van der Waals surface area contributed by atoms with Crippen LogP contribution in [0.4, 0.5) is 0 Å². The van der Waals surface area contributed by atoms with Gasteiger partial charge in [-0.15, -0.1) is 0 Å². The van der Waals surface area contributed by atoms with Crippen molar-refractivity contribution in [1.82, 2.24) is 0 Å². The van der Waals surface area contributed by atoms with Crippen LogP contribution in [0.25, 0.3) is 65.7 Å². The highest BCUT2D eigenvalue weighted by atomic mass is 14.2. The first-order valence-corrected chi connectivity index (χ1v) is 12.9. The Morgan fingerprint density at radius 1 is 0.324 bits per heavy atom. The Balaban J connectivity index is 1.50. The standard InChI is InChI=1S/C37H26/c1-25-17-19-27(20-18-25)36-32-13-4-6-15-34(32)37(35-16-7-5-14-33(35)36)31-12-8-11-29(24-31)30-22-21-26-9-2-3-10-28(26)23-30/h2-24H,1H3. The van der Waals surface area contributed by atoms with E-state index in [-0.39, 0.29) is 0 Å². The van der Waals surface area contributed by atoms with Gasteiger partial charge in [-0.2, -0.15) is 0 Å². The molecule has 0 spiro atoms. The quantitative estimate of drug-likeness (QED) is 0.225. The fraction of sp³-hybridized carbons (Fsp3) is 0.0270. The number of benzene rings is 7. The summed E-state index contributed by atoms with van der Waals surface area (Å²) in [6, 6.07) is 51.0. The van der Waals surface area contributed by atoms with Crippen molar-refractivity contribution in [2.24, 2.45) is 0 Å². The van der Waals surface area contributed by atoms with E-state index in [4.69, 9.17) is 0 Å². The van der Waals surface area contributed by atoms with Crippen LogP contribution < -0.4 is 0 Å². The molecule has 0 bridgehead atoms. The summed E-state index contributed by atoms with van der Waals surface area (Å²) in [5, 5.41) is 7.68. The molecule has 0 atom stereocenters. The van der Waals surface area contributed by atoms with Crippen molar-refractivity contribution >= 4 is 32.3 Å². The number of hydrogen-bond donors (Lipinski definition) is 0. The third kappa shape index (κ3) is 3.70. The lowest BCUT2D eigenvalue weighted by atomic mass is 9.85. The molecule has 0 aliphatic heterocycles. The second-order valence-corrected chi connectivity index (χ2v) is 9.85. The summed E-state index contributed by atoms with van der Waals surface area (Å²) >= 11 is 0. The van der Waals surface area contributed by atoms with Gasteiger partial charge in [0.25, 0.3) is 0 Å². The van der Waals surface area contributed by atoms with Gasteiger partial charge in [0, 0.05) is 0 Å². The fourth-order valence-corrected chi connectivity index (χ4v) is 5.69. The Morgan fingerprint density at radius 3 is 1.46 bits per heavy atom. The summed E-state index contributed by atoms with van der Waals surface area (Å²) in [6.07, 6.45) is 0. The second kappa shape index (κ2) is 8.76. The first-order chi connectivity index (χ1) is 18.3. The van der Waals surface area contributed by atoms with Gasteiger partial charge in [0.05, 0.1) is 0 Å². The highest BCUT2D eigenvalue weighted by Gasteiger charge is 2.16. The van der Waals surface area contributed by atoms with Crippen LogP contribution in [0.3, 0.4) is 0 Å². The van der Waals surface area contributed by atoms with Crippen molar-refractivity contribution in [3.8, 4) is 33.4 Å². The van der Waals surface area contributed by atoms with Gasteiger partial charge in [0.2, 0.25) is 0 Å². The van der Waals surface area contributed by atoms with Crippen molar-refractivity contribution in [2.75, 3.05) is 0 Å². The minimum absolute atomic E-state index is 1.24. The van der Waals surface area contributed by atoms with Crippen molar-refractivity contribution in [3.05, 3.63) is 145 Å². The first-order valence-electron chi connectivity index (χ1n) is 12.9. The predicted octanol–water partition coefficient (Wildman–Crippen LogP) is 10.5. The van der Waals surface area contributed by atoms with E-state index in [2.05, 4.69) is 146 Å². The van der Waals surface area contributed by atoms with E-state index in [1.807, 2.05) is 0 Å². The van der Waals surface area contributed by atoms with E-state index in [0.717, 1.165) is 0 Å². The molecule has 0 aliphatic rings. The third-order valence-electron chi connectivity index (χ3n) is 7.51. The van der Waals surface area contributed by atoms with Gasteiger partial charge in [0.1, 0.15) is 0 Å². The van der Waals surface area contributed by atoms with Crippen molar-refractivity contribution in [3.63, 3.8) is 0 Å². The van der Waals surface area contributed by atoms with Crippen LogP contribution in [0.1, 0.15) is 5.56 Å². The van der Waals surface area contributed by atoms with Crippen molar-refractivity contribution < 1.29 is 0 Å². The molecule has 0 heterocycles. The molecule has 0 fully saturated rings. The Hall–Kier alpha value is -4.68. The number of hydrogen-bond acceptors (Lipinski definition) is 0. The zero-order valence-electron chi connectivity index (χ0n) is 20.8. The highest BCUT2D eigenvalue weighted by Crippen LogP contribution is 2.44. The average Bonchev–Trinajstić information content (AvgIpc) is 2.96. The molecule has 37 heavy (non-hydrogen) atoms. The lowest BCUT2D eigenvalue weighted by Gasteiger charge is -2.18. The number of fused-ring (bicyclic) bond motifs is 3. The van der Waals surface area contributed by atoms with E-state index < -0.39 is 0 Å². The summed E-state index contributed by atoms with van der Waals surface area (Å²) in [4.78, 5) is 0. The van der Waals surface area contributed by atoms with E-state index in [1.165, 1.54) is 71.3 Å². The molecule has 0 aromatic heterocycles. The topological polar surface area (TPSA) is 0 Å². The molecule has 7 aromatic rings. The Kier molecular flexibility index (Phi) is 5.11. The smallest absolute Gasteiger partial charge is 0.00262 e. The van der Waals surface area contributed by atoms with Crippen LogP contribution in [0.15, 0.2) is 140 Å². The molecule has 7 rings (SSSR count). The average molecular weight is 471 g/mol. The van der Waals surface area contributed by atoms with Crippen LogP contribution in [0.2, 0.25) is 0 Å². The normalized spacial score (nSPS) is 11.4. The summed E-state index contributed by atoms with van der Waals surface area (Å²) in [7, 11) is 0.